The third kappa shape index (κ3) is 2.99. The molecule has 1 heterocycles. The van der Waals surface area contributed by atoms with Gasteiger partial charge >= 0.3 is 0 Å². The Bertz CT molecular complexity index is 464. The van der Waals surface area contributed by atoms with Crippen LogP contribution in [0, 0.1) is 0 Å². The molecule has 1 saturated heterocycles. The van der Waals surface area contributed by atoms with Crippen LogP contribution >= 0.6 is 0 Å². The summed E-state index contributed by atoms with van der Waals surface area (Å²) >= 11 is 0. The number of ether oxygens (including phenoxy) is 2. The zero-order valence-electron chi connectivity index (χ0n) is 13.0. The molecule has 2 fully saturated rings. The van der Waals surface area contributed by atoms with Gasteiger partial charge in [-0.1, -0.05) is 24.3 Å². The third-order valence-electron chi connectivity index (χ3n) is 4.89. The molecular weight excluding hydrogens is 264 g/mol. The van der Waals surface area contributed by atoms with Gasteiger partial charge in [0.2, 0.25) is 0 Å². The van der Waals surface area contributed by atoms with Gasteiger partial charge in [-0.05, 0) is 29.9 Å². The molecule has 2 aliphatic rings. The Balaban J connectivity index is 1.82. The summed E-state index contributed by atoms with van der Waals surface area (Å²) in [6.07, 6.45) is 2.90. The van der Waals surface area contributed by atoms with Crippen molar-refractivity contribution in [2.24, 2.45) is 5.73 Å². The van der Waals surface area contributed by atoms with Crippen LogP contribution in [-0.2, 0) is 9.47 Å². The van der Waals surface area contributed by atoms with Crippen molar-refractivity contribution in [3.8, 4) is 0 Å². The molecule has 0 amide bonds. The van der Waals surface area contributed by atoms with Crippen molar-refractivity contribution >= 4 is 0 Å². The van der Waals surface area contributed by atoms with E-state index in [-0.39, 0.29) is 18.2 Å². The molecule has 0 spiro atoms. The quantitative estimate of drug-likeness (QED) is 0.869. The second kappa shape index (κ2) is 6.44. The maximum Gasteiger partial charge on any atom is 0.0972 e. The maximum absolute atomic E-state index is 6.12. The number of hydrogen-bond donors (Lipinski definition) is 1. The van der Waals surface area contributed by atoms with E-state index in [1.165, 1.54) is 24.0 Å². The molecular formula is C17H26N2O2. The molecule has 116 valence electrons. The summed E-state index contributed by atoms with van der Waals surface area (Å²) in [7, 11) is 3.52. The van der Waals surface area contributed by atoms with Gasteiger partial charge in [0.1, 0.15) is 0 Å². The number of nitrogens with zero attached hydrogens (tertiary/aromatic N) is 1. The van der Waals surface area contributed by atoms with Gasteiger partial charge in [0, 0.05) is 39.9 Å². The van der Waals surface area contributed by atoms with Gasteiger partial charge in [-0.25, -0.2) is 0 Å². The van der Waals surface area contributed by atoms with E-state index >= 15 is 0 Å². The first kappa shape index (κ1) is 15.0. The fourth-order valence-electron chi connectivity index (χ4n) is 3.53. The van der Waals surface area contributed by atoms with Gasteiger partial charge in [0.25, 0.3) is 0 Å². The number of rotatable bonds is 6. The van der Waals surface area contributed by atoms with Crippen molar-refractivity contribution in [3.63, 3.8) is 0 Å². The summed E-state index contributed by atoms with van der Waals surface area (Å²) in [6.45, 7) is 2.41. The second-order valence-corrected chi connectivity index (χ2v) is 6.16. The fourth-order valence-corrected chi connectivity index (χ4v) is 3.53. The third-order valence-corrected chi connectivity index (χ3v) is 4.89. The number of nitrogens with two attached hydrogens (primary N) is 1. The molecule has 3 atom stereocenters. The minimum Gasteiger partial charge on any atom is -0.377 e. The highest BCUT2D eigenvalue weighted by molar-refractivity contribution is 5.36. The number of benzene rings is 1. The standard InChI is InChI=1S/C17H26N2O2/c1-20-16-10-19(11-17(16)21-2)15(9-18)14-6-4-3-5-13(14)12-7-8-12/h3-6,12,15-17H,7-11,18H2,1-2H3. The largest absolute Gasteiger partial charge is 0.377 e. The van der Waals surface area contributed by atoms with Gasteiger partial charge in [0.15, 0.2) is 0 Å². The normalized spacial score (nSPS) is 28.0. The van der Waals surface area contributed by atoms with Crippen LogP contribution in [0.4, 0.5) is 0 Å². The second-order valence-electron chi connectivity index (χ2n) is 6.16. The maximum atomic E-state index is 6.12. The molecule has 1 saturated carbocycles. The molecule has 2 N–H and O–H groups in total. The minimum absolute atomic E-state index is 0.136. The summed E-state index contributed by atoms with van der Waals surface area (Å²) in [5.41, 5.74) is 9.01. The van der Waals surface area contributed by atoms with Crippen LogP contribution in [-0.4, -0.2) is 51.0 Å². The van der Waals surface area contributed by atoms with Gasteiger partial charge in [0.05, 0.1) is 12.2 Å². The van der Waals surface area contributed by atoms with Crippen molar-refractivity contribution in [2.75, 3.05) is 33.9 Å². The lowest BCUT2D eigenvalue weighted by Gasteiger charge is -2.28. The van der Waals surface area contributed by atoms with Crippen molar-refractivity contribution < 1.29 is 9.47 Å². The highest BCUT2D eigenvalue weighted by Gasteiger charge is 2.38. The Morgan fingerprint density at radius 3 is 2.29 bits per heavy atom. The predicted molar refractivity (Wildman–Crippen MR) is 83.4 cm³/mol. The lowest BCUT2D eigenvalue weighted by Crippen LogP contribution is -2.33. The smallest absolute Gasteiger partial charge is 0.0972 e. The van der Waals surface area contributed by atoms with E-state index in [0.717, 1.165) is 19.0 Å². The van der Waals surface area contributed by atoms with Crippen LogP contribution in [0.3, 0.4) is 0 Å². The van der Waals surface area contributed by atoms with Gasteiger partial charge in [-0.3, -0.25) is 4.90 Å². The van der Waals surface area contributed by atoms with Gasteiger partial charge in [-0.15, -0.1) is 0 Å². The molecule has 3 unspecified atom stereocenters. The van der Waals surface area contributed by atoms with E-state index in [0.29, 0.717) is 6.54 Å². The molecule has 0 radical (unpaired) electrons. The van der Waals surface area contributed by atoms with E-state index < -0.39 is 0 Å². The SMILES string of the molecule is COC1CN(C(CN)c2ccccc2C2CC2)CC1OC. The Labute approximate surface area is 127 Å². The van der Waals surface area contributed by atoms with Crippen LogP contribution in [0.25, 0.3) is 0 Å². The Kier molecular flexibility index (Phi) is 4.60. The summed E-state index contributed by atoms with van der Waals surface area (Å²) in [6, 6.07) is 9.05. The number of hydrogen-bond acceptors (Lipinski definition) is 4. The summed E-state index contributed by atoms with van der Waals surface area (Å²) < 4.78 is 11.1. The first-order valence-electron chi connectivity index (χ1n) is 7.87. The molecule has 4 heteroatoms. The molecule has 1 aliphatic heterocycles. The lowest BCUT2D eigenvalue weighted by molar-refractivity contribution is -0.00461. The van der Waals surface area contributed by atoms with Crippen LogP contribution in [0.15, 0.2) is 24.3 Å². The number of methoxy groups -OCH3 is 2. The minimum atomic E-state index is 0.136. The average molecular weight is 290 g/mol. The van der Waals surface area contributed by atoms with E-state index in [1.807, 2.05) is 0 Å². The van der Waals surface area contributed by atoms with E-state index in [9.17, 15) is 0 Å². The van der Waals surface area contributed by atoms with Crippen LogP contribution in [0.2, 0.25) is 0 Å². The molecule has 21 heavy (non-hydrogen) atoms. The van der Waals surface area contributed by atoms with E-state index in [4.69, 9.17) is 15.2 Å². The highest BCUT2D eigenvalue weighted by Crippen LogP contribution is 2.44. The summed E-state index contributed by atoms with van der Waals surface area (Å²) in [4.78, 5) is 2.42. The Morgan fingerprint density at radius 2 is 1.76 bits per heavy atom. The van der Waals surface area contributed by atoms with E-state index in [1.54, 1.807) is 14.2 Å². The van der Waals surface area contributed by atoms with Crippen LogP contribution in [0.5, 0.6) is 0 Å². The first-order chi connectivity index (χ1) is 10.3. The zero-order valence-corrected chi connectivity index (χ0v) is 13.0. The molecule has 4 nitrogen and oxygen atoms in total. The molecule has 1 aliphatic carbocycles. The monoisotopic (exact) mass is 290 g/mol. The van der Waals surface area contributed by atoms with Crippen molar-refractivity contribution in [1.29, 1.82) is 0 Å². The Hall–Kier alpha value is -0.940. The van der Waals surface area contributed by atoms with Gasteiger partial charge < -0.3 is 15.2 Å². The van der Waals surface area contributed by atoms with Crippen molar-refractivity contribution in [1.82, 2.24) is 4.90 Å². The molecule has 3 rings (SSSR count). The van der Waals surface area contributed by atoms with Crippen molar-refractivity contribution in [3.05, 3.63) is 35.4 Å². The van der Waals surface area contributed by atoms with Gasteiger partial charge in [-0.2, -0.15) is 0 Å². The topological polar surface area (TPSA) is 47.7 Å². The Morgan fingerprint density at radius 1 is 1.14 bits per heavy atom. The van der Waals surface area contributed by atoms with E-state index in [2.05, 4.69) is 29.2 Å². The molecule has 0 aromatic heterocycles. The van der Waals surface area contributed by atoms with Crippen LogP contribution < -0.4 is 5.73 Å². The van der Waals surface area contributed by atoms with Crippen molar-refractivity contribution in [2.45, 2.75) is 37.0 Å². The van der Waals surface area contributed by atoms with Crippen LogP contribution in [0.1, 0.15) is 35.9 Å². The first-order valence-corrected chi connectivity index (χ1v) is 7.87. The summed E-state index contributed by atoms with van der Waals surface area (Å²) in [5.74, 6) is 0.745. The number of likely N-dealkylation sites (tertiary alicyclic amines) is 1. The zero-order chi connectivity index (χ0) is 14.8. The molecule has 1 aromatic carbocycles. The molecule has 0 bridgehead atoms. The lowest BCUT2D eigenvalue weighted by atomic mass is 9.96. The highest BCUT2D eigenvalue weighted by atomic mass is 16.5. The average Bonchev–Trinajstić information content (AvgIpc) is 3.28. The summed E-state index contributed by atoms with van der Waals surface area (Å²) in [5, 5.41) is 0. The fraction of sp³-hybridized carbons (Fsp3) is 0.647. The predicted octanol–water partition coefficient (Wildman–Crippen LogP) is 1.91. The molecule has 1 aromatic rings.